The molecule has 39 heavy (non-hydrogen) atoms. The van der Waals surface area contributed by atoms with Crippen LogP contribution in [0, 0.1) is 0 Å². The first-order valence-electron chi connectivity index (χ1n) is 12.9. The molecule has 0 unspecified atom stereocenters. The van der Waals surface area contributed by atoms with Crippen LogP contribution in [0.3, 0.4) is 0 Å². The molecule has 208 valence electrons. The van der Waals surface area contributed by atoms with Crippen LogP contribution in [0.4, 0.5) is 24.5 Å². The van der Waals surface area contributed by atoms with E-state index in [1.54, 1.807) is 0 Å². The standard InChI is InChI=1S/C26H31N5O.C2HF3O2/c1-3-26(32)31-18(2)14-23(22-6-4-5-7-24(22)31)29-20-10-8-19(9-11-20)15-21-16-28-25-17-27-12-13-30(21)25;3-2(4,5)1(6)7/h4-11,16,18,23,27,29H,3,12-15,17H2,1-2H3;(H,6,7)/t18-,23+;/m0./s1. The Balaban J connectivity index is 0.000000448. The summed E-state index contributed by atoms with van der Waals surface area (Å²) in [5, 5.41) is 14.2. The van der Waals surface area contributed by atoms with Crippen LogP contribution in [-0.2, 0) is 29.1 Å². The lowest BCUT2D eigenvalue weighted by atomic mass is 9.91. The van der Waals surface area contributed by atoms with Crippen LogP contribution >= 0.6 is 0 Å². The molecule has 1 amide bonds. The molecule has 3 N–H and O–H groups in total. The van der Waals surface area contributed by atoms with Crippen molar-refractivity contribution in [3.8, 4) is 0 Å². The highest BCUT2D eigenvalue weighted by atomic mass is 19.4. The van der Waals surface area contributed by atoms with E-state index < -0.39 is 12.1 Å². The fourth-order valence-corrected chi connectivity index (χ4v) is 5.03. The second-order valence-corrected chi connectivity index (χ2v) is 9.63. The summed E-state index contributed by atoms with van der Waals surface area (Å²) in [5.41, 5.74) is 5.89. The first-order valence-corrected chi connectivity index (χ1v) is 12.9. The Morgan fingerprint density at radius 3 is 2.51 bits per heavy atom. The van der Waals surface area contributed by atoms with Gasteiger partial charge in [0.15, 0.2) is 0 Å². The van der Waals surface area contributed by atoms with E-state index in [1.807, 2.05) is 24.1 Å². The van der Waals surface area contributed by atoms with E-state index in [4.69, 9.17) is 9.90 Å². The molecule has 2 atom stereocenters. The summed E-state index contributed by atoms with van der Waals surface area (Å²) in [4.78, 5) is 28.0. The second kappa shape index (κ2) is 11.9. The predicted molar refractivity (Wildman–Crippen MR) is 142 cm³/mol. The minimum atomic E-state index is -5.08. The molecule has 2 aliphatic rings. The third-order valence-electron chi connectivity index (χ3n) is 6.90. The lowest BCUT2D eigenvalue weighted by Crippen LogP contribution is -2.44. The minimum absolute atomic E-state index is 0.164. The number of anilines is 2. The second-order valence-electron chi connectivity index (χ2n) is 9.63. The number of carboxylic acids is 1. The number of hydrogen-bond donors (Lipinski definition) is 3. The number of para-hydroxylation sites is 1. The van der Waals surface area contributed by atoms with Gasteiger partial charge in [-0.25, -0.2) is 9.78 Å². The van der Waals surface area contributed by atoms with E-state index in [2.05, 4.69) is 69.6 Å². The number of nitrogens with one attached hydrogen (secondary N) is 2. The van der Waals surface area contributed by atoms with Crippen LogP contribution in [0.15, 0.2) is 54.7 Å². The highest BCUT2D eigenvalue weighted by Crippen LogP contribution is 2.39. The van der Waals surface area contributed by atoms with Gasteiger partial charge in [-0.3, -0.25) is 4.79 Å². The van der Waals surface area contributed by atoms with Crippen molar-refractivity contribution in [2.75, 3.05) is 16.8 Å². The summed E-state index contributed by atoms with van der Waals surface area (Å²) in [7, 11) is 0. The summed E-state index contributed by atoms with van der Waals surface area (Å²) in [6.07, 6.45) is -0.765. The molecule has 0 aliphatic carbocycles. The van der Waals surface area contributed by atoms with E-state index in [1.165, 1.54) is 16.8 Å². The third kappa shape index (κ3) is 6.59. The summed E-state index contributed by atoms with van der Waals surface area (Å²) in [6.45, 7) is 6.91. The van der Waals surface area contributed by atoms with Crippen molar-refractivity contribution >= 4 is 23.3 Å². The van der Waals surface area contributed by atoms with Crippen LogP contribution < -0.4 is 15.5 Å². The lowest BCUT2D eigenvalue weighted by molar-refractivity contribution is -0.192. The summed E-state index contributed by atoms with van der Waals surface area (Å²) < 4.78 is 34.1. The van der Waals surface area contributed by atoms with Crippen LogP contribution in [-0.4, -0.2) is 45.3 Å². The van der Waals surface area contributed by atoms with E-state index in [0.29, 0.717) is 6.42 Å². The van der Waals surface area contributed by atoms with Gasteiger partial charge in [0.05, 0.1) is 12.6 Å². The Morgan fingerprint density at radius 2 is 1.85 bits per heavy atom. The lowest BCUT2D eigenvalue weighted by Gasteiger charge is -2.40. The fraction of sp³-hybridized carbons (Fsp3) is 0.393. The van der Waals surface area contributed by atoms with Crippen molar-refractivity contribution in [1.29, 1.82) is 0 Å². The van der Waals surface area contributed by atoms with Crippen molar-refractivity contribution in [2.45, 2.75) is 64.5 Å². The van der Waals surface area contributed by atoms with Crippen molar-refractivity contribution in [1.82, 2.24) is 14.9 Å². The number of rotatable bonds is 5. The number of alkyl halides is 3. The zero-order valence-corrected chi connectivity index (χ0v) is 21.8. The van der Waals surface area contributed by atoms with Crippen molar-refractivity contribution in [2.24, 2.45) is 0 Å². The molecule has 3 aromatic rings. The summed E-state index contributed by atoms with van der Waals surface area (Å²) in [6, 6.07) is 17.4. The zero-order chi connectivity index (χ0) is 28.2. The van der Waals surface area contributed by atoms with Gasteiger partial charge >= 0.3 is 12.1 Å². The molecule has 2 aliphatic heterocycles. The number of aromatic nitrogens is 2. The molecule has 11 heteroatoms. The van der Waals surface area contributed by atoms with Crippen LogP contribution in [0.25, 0.3) is 0 Å². The number of hydrogen-bond acceptors (Lipinski definition) is 5. The Bertz CT molecular complexity index is 1310. The molecule has 3 heterocycles. The topological polar surface area (TPSA) is 99.5 Å². The normalized spacial score (nSPS) is 18.3. The Morgan fingerprint density at radius 1 is 1.15 bits per heavy atom. The van der Waals surface area contributed by atoms with Crippen LogP contribution in [0.2, 0.25) is 0 Å². The van der Waals surface area contributed by atoms with Gasteiger partial charge in [0.25, 0.3) is 0 Å². The van der Waals surface area contributed by atoms with Gasteiger partial charge in [-0.15, -0.1) is 0 Å². The molecule has 2 aromatic carbocycles. The highest BCUT2D eigenvalue weighted by Gasteiger charge is 2.38. The number of imidazole rings is 1. The number of nitrogens with zero attached hydrogens (tertiary/aromatic N) is 3. The number of aliphatic carboxylic acids is 1. The average molecular weight is 544 g/mol. The van der Waals surface area contributed by atoms with Gasteiger partial charge in [-0.2, -0.15) is 13.2 Å². The smallest absolute Gasteiger partial charge is 0.475 e. The van der Waals surface area contributed by atoms with E-state index in [0.717, 1.165) is 49.7 Å². The SMILES string of the molecule is CCC(=O)N1c2ccccc2[C@H](Nc2ccc(Cc3cnc4n3CCNC4)cc2)C[C@@H]1C.O=C(O)C(F)(F)F. The van der Waals surface area contributed by atoms with Gasteiger partial charge in [-0.1, -0.05) is 37.3 Å². The average Bonchev–Trinajstić information content (AvgIpc) is 3.32. The Hall–Kier alpha value is -3.86. The maximum absolute atomic E-state index is 12.6. The molecule has 1 aromatic heterocycles. The van der Waals surface area contributed by atoms with Gasteiger partial charge in [0.1, 0.15) is 5.82 Å². The Labute approximate surface area is 224 Å². The van der Waals surface area contributed by atoms with Crippen molar-refractivity contribution in [3.63, 3.8) is 0 Å². The number of carbonyl (C=O) groups excluding carboxylic acids is 1. The molecule has 8 nitrogen and oxygen atoms in total. The molecule has 0 bridgehead atoms. The van der Waals surface area contributed by atoms with Crippen molar-refractivity contribution in [3.05, 3.63) is 77.4 Å². The third-order valence-corrected chi connectivity index (χ3v) is 6.90. The number of halogens is 3. The molecular formula is C28H32F3N5O3. The molecule has 0 spiro atoms. The summed E-state index contributed by atoms with van der Waals surface area (Å²) >= 11 is 0. The molecular weight excluding hydrogens is 511 g/mol. The van der Waals surface area contributed by atoms with Gasteiger partial charge in [-0.05, 0) is 42.7 Å². The maximum atomic E-state index is 12.6. The molecule has 0 saturated heterocycles. The number of fused-ring (bicyclic) bond motifs is 2. The molecule has 5 rings (SSSR count). The van der Waals surface area contributed by atoms with E-state index >= 15 is 0 Å². The van der Waals surface area contributed by atoms with Crippen LogP contribution in [0.5, 0.6) is 0 Å². The molecule has 0 fully saturated rings. The van der Waals surface area contributed by atoms with Gasteiger partial charge < -0.3 is 25.2 Å². The monoisotopic (exact) mass is 543 g/mol. The van der Waals surface area contributed by atoms with Crippen LogP contribution in [0.1, 0.15) is 55.4 Å². The minimum Gasteiger partial charge on any atom is -0.475 e. The van der Waals surface area contributed by atoms with E-state index in [-0.39, 0.29) is 18.0 Å². The predicted octanol–water partition coefficient (Wildman–Crippen LogP) is 4.90. The maximum Gasteiger partial charge on any atom is 0.490 e. The first-order chi connectivity index (χ1) is 18.6. The Kier molecular flexibility index (Phi) is 8.59. The first kappa shape index (κ1) is 28.2. The van der Waals surface area contributed by atoms with Gasteiger partial charge in [0.2, 0.25) is 5.91 Å². The van der Waals surface area contributed by atoms with E-state index in [9.17, 15) is 18.0 Å². The number of benzene rings is 2. The quantitative estimate of drug-likeness (QED) is 0.424. The largest absolute Gasteiger partial charge is 0.490 e. The van der Waals surface area contributed by atoms with Crippen molar-refractivity contribution < 1.29 is 27.9 Å². The molecule has 0 saturated carbocycles. The highest BCUT2D eigenvalue weighted by molar-refractivity contribution is 5.95. The fourth-order valence-electron chi connectivity index (χ4n) is 5.03. The van der Waals surface area contributed by atoms with Gasteiger partial charge in [0, 0.05) is 55.2 Å². The zero-order valence-electron chi connectivity index (χ0n) is 21.8. The number of carboxylic acid groups (broad SMARTS) is 1. The number of amides is 1. The molecule has 0 radical (unpaired) electrons. The number of carbonyl (C=O) groups is 2. The summed E-state index contributed by atoms with van der Waals surface area (Å²) in [5.74, 6) is -1.44.